The van der Waals surface area contributed by atoms with Gasteiger partial charge in [-0.3, -0.25) is 9.78 Å². The number of benzene rings is 1. The second-order valence-electron chi connectivity index (χ2n) is 6.61. The normalized spacial score (nSPS) is 15.5. The fraction of sp³-hybridized carbons (Fsp3) is 0.136. The Hall–Kier alpha value is -3.85. The molecule has 2 N–H and O–H groups in total. The predicted octanol–water partition coefficient (Wildman–Crippen LogP) is 2.82. The van der Waals surface area contributed by atoms with E-state index in [1.54, 1.807) is 16.8 Å². The average molecular weight is 370 g/mol. The molecule has 138 valence electrons. The molecule has 1 unspecified atom stereocenters. The lowest BCUT2D eigenvalue weighted by Crippen LogP contribution is -2.33. The number of fused-ring (bicyclic) bond motifs is 1. The maximum Gasteiger partial charge on any atom is 0.259 e. The van der Waals surface area contributed by atoms with Crippen LogP contribution in [0.5, 0.6) is 5.75 Å². The molecule has 0 aliphatic carbocycles. The first-order valence-electron chi connectivity index (χ1n) is 8.87. The van der Waals surface area contributed by atoms with E-state index in [2.05, 4.69) is 11.1 Å². The van der Waals surface area contributed by atoms with E-state index in [1.807, 2.05) is 55.5 Å². The summed E-state index contributed by atoms with van der Waals surface area (Å²) in [7, 11) is 0. The van der Waals surface area contributed by atoms with E-state index in [0.717, 1.165) is 17.0 Å². The van der Waals surface area contributed by atoms with Crippen LogP contribution in [0, 0.1) is 18.3 Å². The molecule has 0 saturated carbocycles. The summed E-state index contributed by atoms with van der Waals surface area (Å²) in [6.45, 7) is 2.17. The van der Waals surface area contributed by atoms with Gasteiger partial charge in [-0.1, -0.05) is 36.4 Å². The van der Waals surface area contributed by atoms with Gasteiger partial charge < -0.3 is 15.0 Å². The Morgan fingerprint density at radius 2 is 1.96 bits per heavy atom. The number of pyridine rings is 2. The van der Waals surface area contributed by atoms with Gasteiger partial charge in [-0.25, -0.2) is 0 Å². The molecule has 0 saturated heterocycles. The summed E-state index contributed by atoms with van der Waals surface area (Å²) in [5.74, 6) is -0.145. The van der Waals surface area contributed by atoms with Gasteiger partial charge in [0.2, 0.25) is 5.88 Å². The van der Waals surface area contributed by atoms with E-state index in [0.29, 0.717) is 17.9 Å². The molecule has 0 fully saturated rings. The minimum absolute atomic E-state index is 0.0325. The Morgan fingerprint density at radius 3 is 2.64 bits per heavy atom. The zero-order chi connectivity index (χ0) is 19.7. The summed E-state index contributed by atoms with van der Waals surface area (Å²) in [6, 6.07) is 18.9. The summed E-state index contributed by atoms with van der Waals surface area (Å²) in [6.07, 6.45) is 1.70. The molecule has 0 spiro atoms. The van der Waals surface area contributed by atoms with Crippen molar-refractivity contribution in [1.82, 2.24) is 9.55 Å². The Balaban J connectivity index is 1.93. The molecular formula is C22H18N4O2. The van der Waals surface area contributed by atoms with Gasteiger partial charge in [-0.15, -0.1) is 0 Å². The number of hydrogen-bond donors (Lipinski definition) is 1. The Bertz CT molecular complexity index is 1160. The molecule has 1 aromatic carbocycles. The van der Waals surface area contributed by atoms with Gasteiger partial charge in [0.25, 0.3) is 5.56 Å². The van der Waals surface area contributed by atoms with Crippen LogP contribution < -0.4 is 16.0 Å². The standard InChI is InChI=1S/C22H18N4O2/c1-14-11-18-20(22(27)26(14)13-16-9-5-6-10-25-16)19(15-7-3-2-4-8-15)17(12-23)21(24)28-18/h2-11,19H,13,24H2,1H3. The molecule has 3 aromatic rings. The van der Waals surface area contributed by atoms with Crippen LogP contribution >= 0.6 is 0 Å². The van der Waals surface area contributed by atoms with Crippen molar-refractivity contribution in [1.29, 1.82) is 5.26 Å². The lowest BCUT2D eigenvalue weighted by Gasteiger charge is -2.27. The minimum Gasteiger partial charge on any atom is -0.440 e. The van der Waals surface area contributed by atoms with Crippen molar-refractivity contribution >= 4 is 0 Å². The number of aromatic nitrogens is 2. The smallest absolute Gasteiger partial charge is 0.259 e. The third kappa shape index (κ3) is 2.93. The zero-order valence-electron chi connectivity index (χ0n) is 15.3. The number of rotatable bonds is 3. The Kier molecular flexibility index (Phi) is 4.42. The SMILES string of the molecule is Cc1cc2c(c(=O)n1Cc1ccccn1)C(c1ccccc1)C(C#N)=C(N)O2. The van der Waals surface area contributed by atoms with E-state index in [4.69, 9.17) is 10.5 Å². The molecule has 1 aliphatic rings. The van der Waals surface area contributed by atoms with Crippen molar-refractivity contribution in [3.8, 4) is 11.8 Å². The molecule has 0 amide bonds. The van der Waals surface area contributed by atoms with E-state index in [9.17, 15) is 10.1 Å². The quantitative estimate of drug-likeness (QED) is 0.765. The van der Waals surface area contributed by atoms with E-state index in [-0.39, 0.29) is 17.0 Å². The van der Waals surface area contributed by atoms with Crippen molar-refractivity contribution < 1.29 is 4.74 Å². The van der Waals surface area contributed by atoms with Gasteiger partial charge in [-0.2, -0.15) is 5.26 Å². The number of nitrogens with two attached hydrogens (primary N) is 1. The first-order chi connectivity index (χ1) is 13.6. The number of nitriles is 1. The van der Waals surface area contributed by atoms with Crippen LogP contribution in [0.1, 0.15) is 28.4 Å². The second-order valence-corrected chi connectivity index (χ2v) is 6.61. The van der Waals surface area contributed by atoms with Crippen LogP contribution in [-0.2, 0) is 6.54 Å². The Labute approximate surface area is 162 Å². The van der Waals surface area contributed by atoms with Gasteiger partial charge >= 0.3 is 0 Å². The molecule has 6 nitrogen and oxygen atoms in total. The molecule has 0 radical (unpaired) electrons. The number of aryl methyl sites for hydroxylation is 1. The van der Waals surface area contributed by atoms with Crippen molar-refractivity contribution in [3.05, 3.63) is 105 Å². The summed E-state index contributed by atoms with van der Waals surface area (Å²) in [4.78, 5) is 17.8. The lowest BCUT2D eigenvalue weighted by atomic mass is 9.84. The molecule has 2 aromatic heterocycles. The van der Waals surface area contributed by atoms with Gasteiger partial charge in [0.05, 0.1) is 23.7 Å². The third-order valence-electron chi connectivity index (χ3n) is 4.87. The number of ether oxygens (including phenoxy) is 1. The summed E-state index contributed by atoms with van der Waals surface area (Å²) >= 11 is 0. The summed E-state index contributed by atoms with van der Waals surface area (Å²) in [5.41, 5.74) is 8.77. The van der Waals surface area contributed by atoms with Gasteiger partial charge in [-0.05, 0) is 24.6 Å². The summed E-state index contributed by atoms with van der Waals surface area (Å²) in [5, 5.41) is 9.68. The van der Waals surface area contributed by atoms with Crippen LogP contribution in [0.4, 0.5) is 0 Å². The first-order valence-corrected chi connectivity index (χ1v) is 8.87. The number of nitrogens with zero attached hydrogens (tertiary/aromatic N) is 3. The Morgan fingerprint density at radius 1 is 1.21 bits per heavy atom. The lowest BCUT2D eigenvalue weighted by molar-refractivity contribution is 0.389. The monoisotopic (exact) mass is 370 g/mol. The van der Waals surface area contributed by atoms with Gasteiger partial charge in [0.1, 0.15) is 17.4 Å². The van der Waals surface area contributed by atoms with Crippen LogP contribution in [0.2, 0.25) is 0 Å². The molecule has 0 bridgehead atoms. The topological polar surface area (TPSA) is 93.9 Å². The fourth-order valence-electron chi connectivity index (χ4n) is 3.52. The van der Waals surface area contributed by atoms with E-state index < -0.39 is 5.92 Å². The summed E-state index contributed by atoms with van der Waals surface area (Å²) < 4.78 is 7.31. The fourth-order valence-corrected chi connectivity index (χ4v) is 3.52. The number of hydrogen-bond acceptors (Lipinski definition) is 5. The largest absolute Gasteiger partial charge is 0.440 e. The second kappa shape index (κ2) is 7.05. The van der Waals surface area contributed by atoms with Crippen molar-refractivity contribution in [2.24, 2.45) is 5.73 Å². The molecular weight excluding hydrogens is 352 g/mol. The van der Waals surface area contributed by atoms with Crippen LogP contribution in [0.25, 0.3) is 0 Å². The van der Waals surface area contributed by atoms with Crippen molar-refractivity contribution in [2.45, 2.75) is 19.4 Å². The van der Waals surface area contributed by atoms with Gasteiger partial charge in [0.15, 0.2) is 0 Å². The van der Waals surface area contributed by atoms with Gasteiger partial charge in [0, 0.05) is 18.0 Å². The number of allylic oxidation sites excluding steroid dienone is 1. The molecule has 6 heteroatoms. The molecule has 1 atom stereocenters. The van der Waals surface area contributed by atoms with E-state index >= 15 is 0 Å². The zero-order valence-corrected chi connectivity index (χ0v) is 15.3. The maximum atomic E-state index is 13.5. The predicted molar refractivity (Wildman–Crippen MR) is 105 cm³/mol. The van der Waals surface area contributed by atoms with E-state index in [1.165, 1.54) is 0 Å². The molecule has 3 heterocycles. The highest BCUT2D eigenvalue weighted by Gasteiger charge is 2.34. The third-order valence-corrected chi connectivity index (χ3v) is 4.87. The molecule has 4 rings (SSSR count). The molecule has 28 heavy (non-hydrogen) atoms. The highest BCUT2D eigenvalue weighted by atomic mass is 16.5. The van der Waals surface area contributed by atoms with Crippen molar-refractivity contribution in [3.63, 3.8) is 0 Å². The minimum atomic E-state index is -0.571. The van der Waals surface area contributed by atoms with Crippen molar-refractivity contribution in [2.75, 3.05) is 0 Å². The highest BCUT2D eigenvalue weighted by molar-refractivity contribution is 5.55. The highest BCUT2D eigenvalue weighted by Crippen LogP contribution is 2.40. The maximum absolute atomic E-state index is 13.5. The molecule has 1 aliphatic heterocycles. The average Bonchev–Trinajstić information content (AvgIpc) is 2.71. The first kappa shape index (κ1) is 17.6. The van der Waals surface area contributed by atoms with Crippen LogP contribution in [0.15, 0.2) is 77.0 Å². The van der Waals surface area contributed by atoms with Crippen LogP contribution in [-0.4, -0.2) is 9.55 Å². The van der Waals surface area contributed by atoms with Crippen LogP contribution in [0.3, 0.4) is 0 Å².